The van der Waals surface area contributed by atoms with E-state index < -0.39 is 6.36 Å². The van der Waals surface area contributed by atoms with E-state index in [0.717, 1.165) is 0 Å². The SMILES string of the molecule is CCCC.Cc1ccccc1OC(F)(F)F. The van der Waals surface area contributed by atoms with Gasteiger partial charge < -0.3 is 4.74 Å². The predicted molar refractivity (Wildman–Crippen MR) is 58.4 cm³/mol. The van der Waals surface area contributed by atoms with E-state index in [1.165, 1.54) is 25.0 Å². The zero-order chi connectivity index (χ0) is 12.6. The van der Waals surface area contributed by atoms with E-state index in [1.54, 1.807) is 19.1 Å². The molecule has 0 atom stereocenters. The van der Waals surface area contributed by atoms with Crippen molar-refractivity contribution in [2.75, 3.05) is 0 Å². The van der Waals surface area contributed by atoms with Gasteiger partial charge in [0, 0.05) is 0 Å². The molecule has 0 saturated carbocycles. The van der Waals surface area contributed by atoms with Crippen LogP contribution in [0.25, 0.3) is 0 Å². The Labute approximate surface area is 94.2 Å². The second kappa shape index (κ2) is 7.14. The summed E-state index contributed by atoms with van der Waals surface area (Å²) < 4.78 is 38.8. The second-order valence-corrected chi connectivity index (χ2v) is 3.31. The lowest BCUT2D eigenvalue weighted by atomic mass is 10.2. The first kappa shape index (κ1) is 14.8. The van der Waals surface area contributed by atoms with Crippen LogP contribution in [0.5, 0.6) is 5.75 Å². The summed E-state index contributed by atoms with van der Waals surface area (Å²) >= 11 is 0. The highest BCUT2D eigenvalue weighted by atomic mass is 19.4. The van der Waals surface area contributed by atoms with Gasteiger partial charge in [-0.15, -0.1) is 13.2 Å². The van der Waals surface area contributed by atoms with Crippen molar-refractivity contribution in [2.45, 2.75) is 40.0 Å². The summed E-state index contributed by atoms with van der Waals surface area (Å²) in [6.45, 7) is 5.92. The van der Waals surface area contributed by atoms with E-state index in [1.807, 2.05) is 0 Å². The number of aryl methyl sites for hydroxylation is 1. The molecule has 0 aliphatic rings. The molecule has 4 heteroatoms. The highest BCUT2D eigenvalue weighted by Crippen LogP contribution is 2.25. The van der Waals surface area contributed by atoms with Crippen LogP contribution >= 0.6 is 0 Å². The first-order chi connectivity index (χ1) is 7.40. The Morgan fingerprint density at radius 2 is 1.56 bits per heavy atom. The third-order valence-electron chi connectivity index (χ3n) is 1.82. The molecule has 0 bridgehead atoms. The smallest absolute Gasteiger partial charge is 0.406 e. The van der Waals surface area contributed by atoms with Crippen molar-refractivity contribution < 1.29 is 17.9 Å². The third-order valence-corrected chi connectivity index (χ3v) is 1.82. The standard InChI is InChI=1S/C8H7F3O.C4H10/c1-6-4-2-3-5-7(6)12-8(9,10)11;1-3-4-2/h2-5H,1H3;3-4H2,1-2H3. The van der Waals surface area contributed by atoms with Crippen molar-refractivity contribution in [3.8, 4) is 5.75 Å². The number of para-hydroxylation sites is 1. The van der Waals surface area contributed by atoms with Gasteiger partial charge in [0.2, 0.25) is 0 Å². The topological polar surface area (TPSA) is 9.23 Å². The average Bonchev–Trinajstić information content (AvgIpc) is 2.20. The summed E-state index contributed by atoms with van der Waals surface area (Å²) in [4.78, 5) is 0. The lowest BCUT2D eigenvalue weighted by molar-refractivity contribution is -0.274. The minimum Gasteiger partial charge on any atom is -0.406 e. The van der Waals surface area contributed by atoms with Crippen LogP contribution in [0.4, 0.5) is 13.2 Å². The Hall–Kier alpha value is -1.19. The van der Waals surface area contributed by atoms with Gasteiger partial charge in [-0.3, -0.25) is 0 Å². The molecule has 0 unspecified atom stereocenters. The van der Waals surface area contributed by atoms with Crippen molar-refractivity contribution in [3.05, 3.63) is 29.8 Å². The number of hydrogen-bond acceptors (Lipinski definition) is 1. The molecule has 92 valence electrons. The minimum atomic E-state index is -4.61. The van der Waals surface area contributed by atoms with Crippen LogP contribution in [-0.2, 0) is 0 Å². The Morgan fingerprint density at radius 3 is 1.94 bits per heavy atom. The highest BCUT2D eigenvalue weighted by Gasteiger charge is 2.31. The van der Waals surface area contributed by atoms with Crippen molar-refractivity contribution in [3.63, 3.8) is 0 Å². The highest BCUT2D eigenvalue weighted by molar-refractivity contribution is 5.31. The van der Waals surface area contributed by atoms with Crippen LogP contribution in [0.2, 0.25) is 0 Å². The number of hydrogen-bond donors (Lipinski definition) is 0. The zero-order valence-corrected chi connectivity index (χ0v) is 9.77. The number of halogens is 3. The van der Waals surface area contributed by atoms with Gasteiger partial charge in [-0.2, -0.15) is 0 Å². The maximum atomic E-state index is 11.7. The molecule has 0 aliphatic heterocycles. The molecule has 0 saturated heterocycles. The minimum absolute atomic E-state index is 0.148. The van der Waals surface area contributed by atoms with Crippen molar-refractivity contribution >= 4 is 0 Å². The molecule has 0 aliphatic carbocycles. The molecular formula is C12H17F3O. The molecule has 0 amide bonds. The molecule has 0 spiro atoms. The lowest BCUT2D eigenvalue weighted by Crippen LogP contribution is -2.17. The summed E-state index contributed by atoms with van der Waals surface area (Å²) in [7, 11) is 0. The van der Waals surface area contributed by atoms with Crippen LogP contribution in [0.3, 0.4) is 0 Å². The number of unbranched alkanes of at least 4 members (excludes halogenated alkanes) is 1. The fraction of sp³-hybridized carbons (Fsp3) is 0.500. The fourth-order valence-electron chi connectivity index (χ4n) is 0.796. The maximum Gasteiger partial charge on any atom is 0.573 e. The molecule has 0 aromatic heterocycles. The molecule has 0 fully saturated rings. The van der Waals surface area contributed by atoms with Gasteiger partial charge in [-0.1, -0.05) is 44.9 Å². The quantitative estimate of drug-likeness (QED) is 0.720. The van der Waals surface area contributed by atoms with Gasteiger partial charge in [0.1, 0.15) is 5.75 Å². The Morgan fingerprint density at radius 1 is 1.06 bits per heavy atom. The first-order valence-corrected chi connectivity index (χ1v) is 5.22. The molecule has 1 aromatic carbocycles. The summed E-state index contributed by atoms with van der Waals surface area (Å²) in [5.41, 5.74) is 0.467. The van der Waals surface area contributed by atoms with E-state index in [0.29, 0.717) is 5.56 Å². The van der Waals surface area contributed by atoms with E-state index in [4.69, 9.17) is 0 Å². The van der Waals surface area contributed by atoms with Gasteiger partial charge in [-0.25, -0.2) is 0 Å². The van der Waals surface area contributed by atoms with Gasteiger partial charge in [-0.05, 0) is 18.6 Å². The van der Waals surface area contributed by atoms with Crippen LogP contribution in [0, 0.1) is 6.92 Å². The van der Waals surface area contributed by atoms with Crippen molar-refractivity contribution in [1.82, 2.24) is 0 Å². The lowest BCUT2D eigenvalue weighted by Gasteiger charge is -2.10. The summed E-state index contributed by atoms with van der Waals surface area (Å²) in [6.07, 6.45) is -1.97. The van der Waals surface area contributed by atoms with E-state index in [2.05, 4.69) is 18.6 Å². The van der Waals surface area contributed by atoms with E-state index >= 15 is 0 Å². The molecule has 0 heterocycles. The van der Waals surface area contributed by atoms with Crippen LogP contribution in [0.1, 0.15) is 32.3 Å². The van der Waals surface area contributed by atoms with Crippen LogP contribution < -0.4 is 4.74 Å². The Kier molecular flexibility index (Phi) is 6.61. The number of benzene rings is 1. The number of ether oxygens (including phenoxy) is 1. The van der Waals surface area contributed by atoms with Crippen molar-refractivity contribution in [1.29, 1.82) is 0 Å². The number of rotatable bonds is 2. The Bertz CT molecular complexity index is 293. The second-order valence-electron chi connectivity index (χ2n) is 3.31. The van der Waals surface area contributed by atoms with Crippen molar-refractivity contribution in [2.24, 2.45) is 0 Å². The number of alkyl halides is 3. The van der Waals surface area contributed by atoms with Gasteiger partial charge in [0.15, 0.2) is 0 Å². The van der Waals surface area contributed by atoms with Crippen LogP contribution in [0.15, 0.2) is 24.3 Å². The predicted octanol–water partition coefficient (Wildman–Crippen LogP) is 4.70. The summed E-state index contributed by atoms with van der Waals surface area (Å²) in [5.74, 6) is -0.148. The first-order valence-electron chi connectivity index (χ1n) is 5.22. The van der Waals surface area contributed by atoms with E-state index in [-0.39, 0.29) is 5.75 Å². The largest absolute Gasteiger partial charge is 0.573 e. The molecule has 0 radical (unpaired) electrons. The molecule has 0 N–H and O–H groups in total. The van der Waals surface area contributed by atoms with Gasteiger partial charge in [0.25, 0.3) is 0 Å². The fourth-order valence-corrected chi connectivity index (χ4v) is 0.796. The molecule has 1 rings (SSSR count). The zero-order valence-electron chi connectivity index (χ0n) is 9.77. The van der Waals surface area contributed by atoms with Gasteiger partial charge in [0.05, 0.1) is 0 Å². The summed E-state index contributed by atoms with van der Waals surface area (Å²) in [5, 5.41) is 0. The summed E-state index contributed by atoms with van der Waals surface area (Å²) in [6, 6.07) is 5.98. The van der Waals surface area contributed by atoms with Crippen LogP contribution in [-0.4, -0.2) is 6.36 Å². The third kappa shape index (κ3) is 7.15. The molecule has 1 nitrogen and oxygen atoms in total. The Balaban J connectivity index is 0.000000487. The maximum absolute atomic E-state index is 11.7. The molecule has 16 heavy (non-hydrogen) atoms. The van der Waals surface area contributed by atoms with Gasteiger partial charge >= 0.3 is 6.36 Å². The normalized spacial score (nSPS) is 10.4. The molecule has 1 aromatic rings. The average molecular weight is 234 g/mol. The van der Waals surface area contributed by atoms with E-state index in [9.17, 15) is 13.2 Å². The molecular weight excluding hydrogens is 217 g/mol. The monoisotopic (exact) mass is 234 g/mol.